The molecular formula is C9H14O4. The second-order valence-corrected chi connectivity index (χ2v) is 4.02. The summed E-state index contributed by atoms with van der Waals surface area (Å²) in [5, 5.41) is 8.79. The van der Waals surface area contributed by atoms with Gasteiger partial charge in [0.05, 0.1) is 13.0 Å². The van der Waals surface area contributed by atoms with Crippen LogP contribution in [0.2, 0.25) is 0 Å². The van der Waals surface area contributed by atoms with E-state index in [1.54, 1.807) is 0 Å². The third kappa shape index (κ3) is 1.66. The van der Waals surface area contributed by atoms with E-state index in [0.29, 0.717) is 0 Å². The van der Waals surface area contributed by atoms with Crippen LogP contribution >= 0.6 is 0 Å². The molecule has 0 saturated heterocycles. The Kier molecular flexibility index (Phi) is 2.32. The summed E-state index contributed by atoms with van der Waals surface area (Å²) < 4.78 is 4.49. The van der Waals surface area contributed by atoms with Crippen LogP contribution in [0.4, 0.5) is 0 Å². The predicted molar refractivity (Wildman–Crippen MR) is 45.0 cm³/mol. The van der Waals surface area contributed by atoms with Crippen LogP contribution in [0, 0.1) is 17.3 Å². The molecule has 1 rings (SSSR count). The molecule has 0 amide bonds. The summed E-state index contributed by atoms with van der Waals surface area (Å²) in [4.78, 5) is 21.6. The van der Waals surface area contributed by atoms with Gasteiger partial charge in [-0.15, -0.1) is 0 Å². The first kappa shape index (κ1) is 10.0. The number of esters is 1. The number of carbonyl (C=O) groups excluding carboxylic acids is 1. The van der Waals surface area contributed by atoms with Gasteiger partial charge >= 0.3 is 11.9 Å². The molecule has 1 aliphatic rings. The fraction of sp³-hybridized carbons (Fsp3) is 0.778. The monoisotopic (exact) mass is 186 g/mol. The van der Waals surface area contributed by atoms with Crippen molar-refractivity contribution in [3.05, 3.63) is 0 Å². The van der Waals surface area contributed by atoms with Crippen LogP contribution < -0.4 is 0 Å². The Morgan fingerprint density at radius 1 is 1.46 bits per heavy atom. The van der Waals surface area contributed by atoms with Crippen LogP contribution in [0.25, 0.3) is 0 Å². The van der Waals surface area contributed by atoms with Crippen molar-refractivity contribution in [1.82, 2.24) is 0 Å². The molecule has 4 heteroatoms. The first-order valence-corrected chi connectivity index (χ1v) is 4.21. The van der Waals surface area contributed by atoms with Gasteiger partial charge in [-0.05, 0) is 11.3 Å². The molecule has 0 spiro atoms. The Morgan fingerprint density at radius 2 is 2.00 bits per heavy atom. The molecule has 1 saturated carbocycles. The average molecular weight is 186 g/mol. The van der Waals surface area contributed by atoms with Crippen LogP contribution in [-0.2, 0) is 14.3 Å². The zero-order valence-electron chi connectivity index (χ0n) is 8.03. The van der Waals surface area contributed by atoms with E-state index in [1.165, 1.54) is 7.11 Å². The van der Waals surface area contributed by atoms with Gasteiger partial charge in [0.2, 0.25) is 0 Å². The van der Waals surface area contributed by atoms with Crippen molar-refractivity contribution in [2.75, 3.05) is 7.11 Å². The van der Waals surface area contributed by atoms with Crippen LogP contribution in [0.1, 0.15) is 20.3 Å². The Morgan fingerprint density at radius 3 is 2.31 bits per heavy atom. The zero-order chi connectivity index (χ0) is 10.2. The molecule has 0 heterocycles. The lowest BCUT2D eigenvalue weighted by Gasteiger charge is -1.99. The minimum Gasteiger partial charge on any atom is -0.481 e. The summed E-state index contributed by atoms with van der Waals surface area (Å²) in [5.41, 5.74) is -0.264. The Hall–Kier alpha value is -1.06. The second kappa shape index (κ2) is 3.01. The molecule has 0 aromatic carbocycles. The molecule has 1 aliphatic carbocycles. The number of hydrogen-bond acceptors (Lipinski definition) is 3. The minimum absolute atomic E-state index is 0.0718. The van der Waals surface area contributed by atoms with Crippen molar-refractivity contribution in [1.29, 1.82) is 0 Å². The summed E-state index contributed by atoms with van der Waals surface area (Å²) in [6, 6.07) is 0. The predicted octanol–water partition coefficient (Wildman–Crippen LogP) is 0.906. The lowest BCUT2D eigenvalue weighted by atomic mass is 10.1. The van der Waals surface area contributed by atoms with Crippen molar-refractivity contribution < 1.29 is 19.4 Å². The van der Waals surface area contributed by atoms with E-state index < -0.39 is 11.9 Å². The number of hydrogen-bond donors (Lipinski definition) is 1. The summed E-state index contributed by atoms with van der Waals surface area (Å²) in [6.45, 7) is 3.72. The second-order valence-electron chi connectivity index (χ2n) is 4.02. The third-order valence-corrected chi connectivity index (χ3v) is 2.93. The smallest absolute Gasteiger partial charge is 0.307 e. The fourth-order valence-electron chi connectivity index (χ4n) is 1.88. The molecule has 1 N–H and O–H groups in total. The topological polar surface area (TPSA) is 63.6 Å². The standard InChI is InChI=1S/C9H14O4/c1-9(2)5(4-6(10)13-3)7(9)8(11)12/h5,7H,4H2,1-3H3,(H,11,12)/t5-,7-/m1/s1. The minimum atomic E-state index is -0.820. The van der Waals surface area contributed by atoms with E-state index in [2.05, 4.69) is 4.74 Å². The van der Waals surface area contributed by atoms with Gasteiger partial charge in [0.15, 0.2) is 0 Å². The number of aliphatic carboxylic acids is 1. The summed E-state index contributed by atoms with van der Waals surface area (Å²) in [5.74, 6) is -1.62. The van der Waals surface area contributed by atoms with Gasteiger partial charge in [-0.3, -0.25) is 9.59 Å². The average Bonchev–Trinajstić information content (AvgIpc) is 2.53. The van der Waals surface area contributed by atoms with E-state index in [-0.39, 0.29) is 23.7 Å². The van der Waals surface area contributed by atoms with Crippen LogP contribution in [0.15, 0.2) is 0 Å². The largest absolute Gasteiger partial charge is 0.481 e. The number of carboxylic acids is 1. The molecule has 0 radical (unpaired) electrons. The van der Waals surface area contributed by atoms with Gasteiger partial charge in [-0.25, -0.2) is 0 Å². The molecule has 4 nitrogen and oxygen atoms in total. The van der Waals surface area contributed by atoms with Crippen LogP contribution in [-0.4, -0.2) is 24.2 Å². The van der Waals surface area contributed by atoms with Gasteiger partial charge in [0.1, 0.15) is 0 Å². The van der Waals surface area contributed by atoms with Crippen molar-refractivity contribution in [3.8, 4) is 0 Å². The van der Waals surface area contributed by atoms with E-state index in [0.717, 1.165) is 0 Å². The highest BCUT2D eigenvalue weighted by atomic mass is 16.5. The van der Waals surface area contributed by atoms with Crippen molar-refractivity contribution in [2.24, 2.45) is 17.3 Å². The molecule has 74 valence electrons. The van der Waals surface area contributed by atoms with Gasteiger partial charge in [0, 0.05) is 6.42 Å². The van der Waals surface area contributed by atoms with Gasteiger partial charge in [-0.2, -0.15) is 0 Å². The molecule has 1 fully saturated rings. The SMILES string of the molecule is COC(=O)C[C@@H]1[C@H](C(=O)O)C1(C)C. The number of carbonyl (C=O) groups is 2. The lowest BCUT2D eigenvalue weighted by molar-refractivity contribution is -0.141. The molecule has 0 aliphatic heterocycles. The van der Waals surface area contributed by atoms with Crippen molar-refractivity contribution in [3.63, 3.8) is 0 Å². The molecule has 0 unspecified atom stereocenters. The third-order valence-electron chi connectivity index (χ3n) is 2.93. The highest BCUT2D eigenvalue weighted by molar-refractivity contribution is 5.78. The molecule has 13 heavy (non-hydrogen) atoms. The first-order valence-electron chi connectivity index (χ1n) is 4.21. The molecule has 0 aromatic rings. The quantitative estimate of drug-likeness (QED) is 0.665. The highest BCUT2D eigenvalue weighted by Crippen LogP contribution is 2.60. The number of carboxylic acid groups (broad SMARTS) is 1. The van der Waals surface area contributed by atoms with E-state index in [9.17, 15) is 9.59 Å². The summed E-state index contributed by atoms with van der Waals surface area (Å²) in [6.07, 6.45) is 0.209. The molecule has 2 atom stereocenters. The molecular weight excluding hydrogens is 172 g/mol. The normalized spacial score (nSPS) is 29.5. The zero-order valence-corrected chi connectivity index (χ0v) is 8.03. The summed E-state index contributed by atoms with van der Waals surface area (Å²) >= 11 is 0. The number of methoxy groups -OCH3 is 1. The van der Waals surface area contributed by atoms with E-state index in [4.69, 9.17) is 5.11 Å². The first-order chi connectivity index (χ1) is 5.91. The lowest BCUT2D eigenvalue weighted by Crippen LogP contribution is -2.05. The van der Waals surface area contributed by atoms with Gasteiger partial charge in [-0.1, -0.05) is 13.8 Å². The Labute approximate surface area is 76.9 Å². The van der Waals surface area contributed by atoms with Crippen molar-refractivity contribution in [2.45, 2.75) is 20.3 Å². The van der Waals surface area contributed by atoms with Gasteiger partial charge < -0.3 is 9.84 Å². The van der Waals surface area contributed by atoms with E-state index >= 15 is 0 Å². The van der Waals surface area contributed by atoms with Crippen molar-refractivity contribution >= 4 is 11.9 Å². The maximum absolute atomic E-state index is 10.9. The maximum atomic E-state index is 10.9. The number of ether oxygens (including phenoxy) is 1. The fourth-order valence-corrected chi connectivity index (χ4v) is 1.88. The van der Waals surface area contributed by atoms with E-state index in [1.807, 2.05) is 13.8 Å². The van der Waals surface area contributed by atoms with Crippen LogP contribution in [0.5, 0.6) is 0 Å². The Bertz CT molecular complexity index is 244. The highest BCUT2D eigenvalue weighted by Gasteiger charge is 2.62. The number of rotatable bonds is 3. The summed E-state index contributed by atoms with van der Waals surface area (Å²) in [7, 11) is 1.31. The molecule has 0 bridgehead atoms. The van der Waals surface area contributed by atoms with Crippen LogP contribution in [0.3, 0.4) is 0 Å². The van der Waals surface area contributed by atoms with Gasteiger partial charge in [0.25, 0.3) is 0 Å². The Balaban J connectivity index is 2.56. The molecule has 0 aromatic heterocycles. The maximum Gasteiger partial charge on any atom is 0.307 e.